The average Bonchev–Trinajstić information content (AvgIpc) is 2.27. The molecule has 0 aliphatic heterocycles. The second kappa shape index (κ2) is 5.25. The van der Waals surface area contributed by atoms with Crippen molar-refractivity contribution in [2.75, 3.05) is 6.54 Å². The fourth-order valence-corrected chi connectivity index (χ4v) is 1.20. The van der Waals surface area contributed by atoms with Gasteiger partial charge in [-0.05, 0) is 12.1 Å². The summed E-state index contributed by atoms with van der Waals surface area (Å²) in [5.41, 5.74) is -0.995. The number of halogens is 2. The third-order valence-corrected chi connectivity index (χ3v) is 2.44. The van der Waals surface area contributed by atoms with E-state index < -0.39 is 28.5 Å². The van der Waals surface area contributed by atoms with E-state index in [0.717, 1.165) is 12.1 Å². The van der Waals surface area contributed by atoms with Crippen LogP contribution in [0.2, 0.25) is 0 Å². The molecule has 1 aromatic carbocycles. The van der Waals surface area contributed by atoms with Crippen molar-refractivity contribution in [2.45, 2.75) is 20.8 Å². The molecule has 0 bridgehead atoms. The maximum Gasteiger partial charge on any atom is 0.254 e. The first-order valence-corrected chi connectivity index (χ1v) is 5.49. The maximum absolute atomic E-state index is 13.3. The first-order chi connectivity index (χ1) is 8.23. The number of ketones is 1. The molecule has 3 nitrogen and oxygen atoms in total. The van der Waals surface area contributed by atoms with E-state index in [2.05, 4.69) is 5.32 Å². The summed E-state index contributed by atoms with van der Waals surface area (Å²) in [4.78, 5) is 23.1. The highest BCUT2D eigenvalue weighted by molar-refractivity contribution is 5.97. The number of Topliss-reactive ketones (excluding diaryl/α,β-unsaturated/α-hetero) is 1. The van der Waals surface area contributed by atoms with Gasteiger partial charge in [0.05, 0.1) is 12.1 Å². The van der Waals surface area contributed by atoms with Crippen LogP contribution < -0.4 is 5.32 Å². The van der Waals surface area contributed by atoms with Crippen LogP contribution in [0, 0.1) is 17.0 Å². The maximum atomic E-state index is 13.3. The minimum absolute atomic E-state index is 0.187. The number of rotatable bonds is 3. The fraction of sp³-hybridized carbons (Fsp3) is 0.385. The molecule has 0 heterocycles. The molecule has 0 saturated heterocycles. The minimum Gasteiger partial charge on any atom is -0.345 e. The number of hydrogen-bond acceptors (Lipinski definition) is 2. The topological polar surface area (TPSA) is 46.2 Å². The first-order valence-electron chi connectivity index (χ1n) is 5.49. The smallest absolute Gasteiger partial charge is 0.254 e. The molecular weight excluding hydrogens is 240 g/mol. The third kappa shape index (κ3) is 3.35. The molecule has 1 amide bonds. The molecule has 0 atom stereocenters. The van der Waals surface area contributed by atoms with Gasteiger partial charge in [-0.25, -0.2) is 8.78 Å². The SMILES string of the molecule is CC(C)(C)C(=O)CNC(=O)c1cccc(F)c1F. The Hall–Kier alpha value is -1.78. The van der Waals surface area contributed by atoms with Crippen LogP contribution in [0.4, 0.5) is 8.78 Å². The third-order valence-electron chi connectivity index (χ3n) is 2.44. The number of amides is 1. The summed E-state index contributed by atoms with van der Waals surface area (Å²) in [5, 5.41) is 2.28. The van der Waals surface area contributed by atoms with Crippen molar-refractivity contribution in [1.29, 1.82) is 0 Å². The van der Waals surface area contributed by atoms with Gasteiger partial charge in [-0.15, -0.1) is 0 Å². The molecular formula is C13H15F2NO2. The second-order valence-corrected chi connectivity index (χ2v) is 4.96. The number of benzene rings is 1. The van der Waals surface area contributed by atoms with E-state index in [1.807, 2.05) is 0 Å². The van der Waals surface area contributed by atoms with Crippen molar-refractivity contribution < 1.29 is 18.4 Å². The zero-order valence-corrected chi connectivity index (χ0v) is 10.5. The van der Waals surface area contributed by atoms with Crippen LogP contribution in [-0.2, 0) is 4.79 Å². The Morgan fingerprint density at radius 1 is 1.22 bits per heavy atom. The fourth-order valence-electron chi connectivity index (χ4n) is 1.20. The Labute approximate surface area is 104 Å². The van der Waals surface area contributed by atoms with Crippen LogP contribution >= 0.6 is 0 Å². The number of carbonyl (C=O) groups excluding carboxylic acids is 2. The van der Waals surface area contributed by atoms with Crippen molar-refractivity contribution in [3.63, 3.8) is 0 Å². The monoisotopic (exact) mass is 255 g/mol. The van der Waals surface area contributed by atoms with Crippen LogP contribution in [0.15, 0.2) is 18.2 Å². The lowest BCUT2D eigenvalue weighted by Crippen LogP contribution is -2.35. The van der Waals surface area contributed by atoms with Crippen LogP contribution in [0.3, 0.4) is 0 Å². The van der Waals surface area contributed by atoms with Crippen molar-refractivity contribution >= 4 is 11.7 Å². The van der Waals surface area contributed by atoms with E-state index in [0.29, 0.717) is 0 Å². The van der Waals surface area contributed by atoms with Gasteiger partial charge in [-0.2, -0.15) is 0 Å². The number of hydrogen-bond donors (Lipinski definition) is 1. The molecule has 0 fully saturated rings. The Kier molecular flexibility index (Phi) is 4.16. The lowest BCUT2D eigenvalue weighted by atomic mass is 9.91. The van der Waals surface area contributed by atoms with Gasteiger partial charge in [0.15, 0.2) is 17.4 Å². The normalized spacial score (nSPS) is 11.2. The average molecular weight is 255 g/mol. The standard InChI is InChI=1S/C13H15F2NO2/c1-13(2,3)10(17)7-16-12(18)8-5-4-6-9(14)11(8)15/h4-6H,7H2,1-3H3,(H,16,18). The molecule has 5 heteroatoms. The predicted molar refractivity (Wildman–Crippen MR) is 63.2 cm³/mol. The van der Waals surface area contributed by atoms with Crippen LogP contribution in [0.25, 0.3) is 0 Å². The van der Waals surface area contributed by atoms with Gasteiger partial charge in [-0.1, -0.05) is 26.8 Å². The Morgan fingerprint density at radius 2 is 1.83 bits per heavy atom. The van der Waals surface area contributed by atoms with E-state index in [1.165, 1.54) is 6.07 Å². The molecule has 0 aliphatic rings. The molecule has 98 valence electrons. The van der Waals surface area contributed by atoms with Crippen LogP contribution in [0.1, 0.15) is 31.1 Å². The van der Waals surface area contributed by atoms with E-state index in [-0.39, 0.29) is 12.3 Å². The van der Waals surface area contributed by atoms with E-state index >= 15 is 0 Å². The summed E-state index contributed by atoms with van der Waals surface area (Å²) < 4.78 is 26.2. The molecule has 0 unspecified atom stereocenters. The minimum atomic E-state index is -1.21. The Morgan fingerprint density at radius 3 is 2.39 bits per heavy atom. The van der Waals surface area contributed by atoms with Crippen LogP contribution in [0.5, 0.6) is 0 Å². The van der Waals surface area contributed by atoms with Crippen molar-refractivity contribution in [3.05, 3.63) is 35.4 Å². The van der Waals surface area contributed by atoms with Crippen molar-refractivity contribution in [3.8, 4) is 0 Å². The lowest BCUT2D eigenvalue weighted by molar-refractivity contribution is -0.125. The molecule has 18 heavy (non-hydrogen) atoms. The molecule has 1 N–H and O–H groups in total. The Bertz CT molecular complexity index is 478. The van der Waals surface area contributed by atoms with Gasteiger partial charge >= 0.3 is 0 Å². The summed E-state index contributed by atoms with van der Waals surface area (Å²) in [6.07, 6.45) is 0. The second-order valence-electron chi connectivity index (χ2n) is 4.96. The van der Waals surface area contributed by atoms with Crippen molar-refractivity contribution in [2.24, 2.45) is 5.41 Å². The molecule has 1 rings (SSSR count). The highest BCUT2D eigenvalue weighted by Gasteiger charge is 2.22. The number of nitrogens with one attached hydrogen (secondary N) is 1. The first kappa shape index (κ1) is 14.3. The molecule has 0 saturated carbocycles. The summed E-state index contributed by atoms with van der Waals surface area (Å²) in [5.74, 6) is -3.29. The molecule has 0 radical (unpaired) electrons. The predicted octanol–water partition coefficient (Wildman–Crippen LogP) is 2.31. The lowest BCUT2D eigenvalue weighted by Gasteiger charge is -2.16. The quantitative estimate of drug-likeness (QED) is 0.900. The van der Waals surface area contributed by atoms with E-state index in [1.54, 1.807) is 20.8 Å². The van der Waals surface area contributed by atoms with Crippen LogP contribution in [-0.4, -0.2) is 18.2 Å². The van der Waals surface area contributed by atoms with Gasteiger partial charge < -0.3 is 5.32 Å². The summed E-state index contributed by atoms with van der Waals surface area (Å²) in [6, 6.07) is 3.32. The van der Waals surface area contributed by atoms with Gasteiger partial charge in [0, 0.05) is 5.41 Å². The van der Waals surface area contributed by atoms with Gasteiger partial charge in [-0.3, -0.25) is 9.59 Å². The van der Waals surface area contributed by atoms with Gasteiger partial charge in [0.2, 0.25) is 0 Å². The zero-order chi connectivity index (χ0) is 13.9. The highest BCUT2D eigenvalue weighted by Crippen LogP contribution is 2.14. The Balaban J connectivity index is 2.73. The van der Waals surface area contributed by atoms with E-state index in [9.17, 15) is 18.4 Å². The van der Waals surface area contributed by atoms with Crippen molar-refractivity contribution in [1.82, 2.24) is 5.32 Å². The van der Waals surface area contributed by atoms with E-state index in [4.69, 9.17) is 0 Å². The van der Waals surface area contributed by atoms with Gasteiger partial charge in [0.1, 0.15) is 0 Å². The zero-order valence-electron chi connectivity index (χ0n) is 10.5. The molecule has 0 aliphatic carbocycles. The largest absolute Gasteiger partial charge is 0.345 e. The molecule has 1 aromatic rings. The summed E-state index contributed by atoms with van der Waals surface area (Å²) >= 11 is 0. The highest BCUT2D eigenvalue weighted by atomic mass is 19.2. The molecule has 0 spiro atoms. The summed E-state index contributed by atoms with van der Waals surface area (Å²) in [7, 11) is 0. The molecule has 0 aromatic heterocycles. The van der Waals surface area contributed by atoms with Gasteiger partial charge in [0.25, 0.3) is 5.91 Å². The summed E-state index contributed by atoms with van der Waals surface area (Å²) in [6.45, 7) is 4.93. The number of carbonyl (C=O) groups is 2.